The topological polar surface area (TPSA) is 62.7 Å². The number of nitrogens with zero attached hydrogens (tertiary/aromatic N) is 2. The molecule has 1 fully saturated rings. The van der Waals surface area contributed by atoms with Crippen LogP contribution in [0.4, 0.5) is 4.79 Å². The van der Waals surface area contributed by atoms with Crippen molar-refractivity contribution in [2.75, 3.05) is 13.1 Å². The van der Waals surface area contributed by atoms with Gasteiger partial charge in [0.1, 0.15) is 5.60 Å². The number of aryl methyl sites for hydroxylation is 1. The van der Waals surface area contributed by atoms with E-state index in [1.54, 1.807) is 21.7 Å². The van der Waals surface area contributed by atoms with E-state index in [1.807, 2.05) is 27.7 Å². The zero-order valence-corrected chi connectivity index (χ0v) is 13.2. The summed E-state index contributed by atoms with van der Waals surface area (Å²) in [5, 5.41) is 10.3. The van der Waals surface area contributed by atoms with Crippen molar-refractivity contribution in [1.29, 1.82) is 0 Å². The normalized spacial score (nSPS) is 23.8. The predicted octanol–water partition coefficient (Wildman–Crippen LogP) is 2.54. The molecule has 0 aliphatic carbocycles. The summed E-state index contributed by atoms with van der Waals surface area (Å²) in [6.45, 7) is 8.40. The Morgan fingerprint density at radius 2 is 2.25 bits per heavy atom. The lowest BCUT2D eigenvalue weighted by atomic mass is 9.92. The summed E-state index contributed by atoms with van der Waals surface area (Å²) in [6.07, 6.45) is -0.171. The highest BCUT2D eigenvalue weighted by Crippen LogP contribution is 2.33. The van der Waals surface area contributed by atoms with Crippen LogP contribution in [-0.2, 0) is 4.74 Å². The second-order valence-corrected chi connectivity index (χ2v) is 7.08. The van der Waals surface area contributed by atoms with E-state index < -0.39 is 11.7 Å². The monoisotopic (exact) mass is 298 g/mol. The van der Waals surface area contributed by atoms with Crippen molar-refractivity contribution >= 4 is 17.4 Å². The van der Waals surface area contributed by atoms with Crippen LogP contribution < -0.4 is 0 Å². The number of piperidine rings is 1. The first-order valence-electron chi connectivity index (χ1n) is 6.84. The van der Waals surface area contributed by atoms with Crippen LogP contribution >= 0.6 is 11.3 Å². The number of thiazole rings is 1. The van der Waals surface area contributed by atoms with Gasteiger partial charge in [-0.3, -0.25) is 0 Å². The van der Waals surface area contributed by atoms with Crippen LogP contribution in [0, 0.1) is 6.92 Å². The van der Waals surface area contributed by atoms with E-state index in [0.29, 0.717) is 13.1 Å². The van der Waals surface area contributed by atoms with Crippen LogP contribution in [0.2, 0.25) is 0 Å². The molecule has 5 nitrogen and oxygen atoms in total. The molecular formula is C14H22N2O3S. The van der Waals surface area contributed by atoms with Crippen LogP contribution in [0.3, 0.4) is 0 Å². The van der Waals surface area contributed by atoms with E-state index >= 15 is 0 Å². The van der Waals surface area contributed by atoms with Gasteiger partial charge in [-0.25, -0.2) is 9.78 Å². The molecule has 2 rings (SSSR count). The Balaban J connectivity index is 1.99. The Bertz CT molecular complexity index is 481. The third kappa shape index (κ3) is 3.49. The van der Waals surface area contributed by atoms with Crippen LogP contribution in [-0.4, -0.2) is 45.9 Å². The Kier molecular flexibility index (Phi) is 4.34. The summed E-state index contributed by atoms with van der Waals surface area (Å²) in [7, 11) is 0. The molecule has 1 saturated heterocycles. The van der Waals surface area contributed by atoms with Crippen molar-refractivity contribution in [3.8, 4) is 0 Å². The summed E-state index contributed by atoms with van der Waals surface area (Å²) < 4.78 is 5.34. The number of aliphatic hydroxyl groups excluding tert-OH is 1. The highest BCUT2D eigenvalue weighted by atomic mass is 32.1. The molecule has 1 aromatic heterocycles. The molecule has 0 bridgehead atoms. The predicted molar refractivity (Wildman–Crippen MR) is 78.0 cm³/mol. The second kappa shape index (κ2) is 5.69. The smallest absolute Gasteiger partial charge is 0.410 e. The number of ether oxygens (including phenoxy) is 1. The summed E-state index contributed by atoms with van der Waals surface area (Å²) >= 11 is 1.57. The van der Waals surface area contributed by atoms with Gasteiger partial charge in [-0.05, 0) is 34.1 Å². The molecule has 20 heavy (non-hydrogen) atoms. The first-order chi connectivity index (χ1) is 9.28. The number of rotatable bonds is 1. The van der Waals surface area contributed by atoms with E-state index in [4.69, 9.17) is 4.74 Å². The quantitative estimate of drug-likeness (QED) is 0.865. The maximum Gasteiger partial charge on any atom is 0.410 e. The number of aliphatic hydroxyl groups is 1. The lowest BCUT2D eigenvalue weighted by Crippen LogP contribution is -2.47. The molecule has 112 valence electrons. The molecule has 2 atom stereocenters. The standard InChI is InChI=1S/C14H22N2O3S/c1-9-12(20-8-15-9)10-5-6-16(7-11(10)17)13(18)19-14(2,3)4/h8,10-11,17H,5-7H2,1-4H3. The van der Waals surface area contributed by atoms with Gasteiger partial charge in [-0.15, -0.1) is 11.3 Å². The van der Waals surface area contributed by atoms with Gasteiger partial charge in [0, 0.05) is 17.3 Å². The molecular weight excluding hydrogens is 276 g/mol. The molecule has 0 spiro atoms. The van der Waals surface area contributed by atoms with Crippen LogP contribution in [0.25, 0.3) is 0 Å². The van der Waals surface area contributed by atoms with Gasteiger partial charge in [0.25, 0.3) is 0 Å². The SMILES string of the molecule is Cc1ncsc1C1CCN(C(=O)OC(C)(C)C)CC1O. The van der Waals surface area contributed by atoms with Crippen molar-refractivity contribution in [2.24, 2.45) is 0 Å². The summed E-state index contributed by atoms with van der Waals surface area (Å²) in [5.74, 6) is 0.0705. The molecule has 2 unspecified atom stereocenters. The molecule has 1 N–H and O–H groups in total. The average molecular weight is 298 g/mol. The highest BCUT2D eigenvalue weighted by molar-refractivity contribution is 7.09. The van der Waals surface area contributed by atoms with E-state index in [9.17, 15) is 9.90 Å². The highest BCUT2D eigenvalue weighted by Gasteiger charge is 2.34. The zero-order valence-electron chi connectivity index (χ0n) is 12.4. The van der Waals surface area contributed by atoms with E-state index in [1.165, 1.54) is 0 Å². The summed E-state index contributed by atoms with van der Waals surface area (Å²) in [5.41, 5.74) is 2.27. The Morgan fingerprint density at radius 1 is 1.55 bits per heavy atom. The fraction of sp³-hybridized carbons (Fsp3) is 0.714. The van der Waals surface area contributed by atoms with Crippen LogP contribution in [0.15, 0.2) is 5.51 Å². The van der Waals surface area contributed by atoms with Crippen molar-refractivity contribution in [3.05, 3.63) is 16.1 Å². The third-order valence-electron chi connectivity index (χ3n) is 3.35. The summed E-state index contributed by atoms with van der Waals surface area (Å²) in [6, 6.07) is 0. The van der Waals surface area contributed by atoms with Gasteiger partial charge in [-0.1, -0.05) is 0 Å². The second-order valence-electron chi connectivity index (χ2n) is 6.19. The third-order valence-corrected chi connectivity index (χ3v) is 4.42. The van der Waals surface area contributed by atoms with Crippen molar-refractivity contribution in [1.82, 2.24) is 9.88 Å². The number of carbonyl (C=O) groups excluding carboxylic acids is 1. The molecule has 1 aromatic rings. The van der Waals surface area contributed by atoms with Crippen LogP contribution in [0.5, 0.6) is 0 Å². The van der Waals surface area contributed by atoms with Crippen molar-refractivity contribution in [3.63, 3.8) is 0 Å². The largest absolute Gasteiger partial charge is 0.444 e. The molecule has 1 amide bonds. The maximum absolute atomic E-state index is 12.0. The number of hydrogen-bond acceptors (Lipinski definition) is 5. The average Bonchev–Trinajstić information content (AvgIpc) is 2.73. The fourth-order valence-corrected chi connectivity index (χ4v) is 3.39. The number of amides is 1. The minimum Gasteiger partial charge on any atom is -0.444 e. The molecule has 1 aliphatic heterocycles. The van der Waals surface area contributed by atoms with E-state index in [-0.39, 0.29) is 12.0 Å². The minimum absolute atomic E-state index is 0.0705. The van der Waals surface area contributed by atoms with E-state index in [0.717, 1.165) is 17.0 Å². The molecule has 2 heterocycles. The zero-order chi connectivity index (χ0) is 14.9. The molecule has 6 heteroatoms. The van der Waals surface area contributed by atoms with Gasteiger partial charge in [0.15, 0.2) is 0 Å². The Labute approximate surface area is 123 Å². The van der Waals surface area contributed by atoms with Gasteiger partial charge < -0.3 is 14.7 Å². The number of β-amino-alcohol motifs (C(OH)–C–C–N with tert-alkyl or cyclic N) is 1. The number of carbonyl (C=O) groups is 1. The van der Waals surface area contributed by atoms with E-state index in [2.05, 4.69) is 4.98 Å². The number of likely N-dealkylation sites (tertiary alicyclic amines) is 1. The first-order valence-corrected chi connectivity index (χ1v) is 7.72. The fourth-order valence-electron chi connectivity index (χ4n) is 2.40. The Morgan fingerprint density at radius 3 is 2.75 bits per heavy atom. The molecule has 1 aliphatic rings. The Hall–Kier alpha value is -1.14. The van der Waals surface area contributed by atoms with Crippen LogP contribution in [0.1, 0.15) is 43.7 Å². The lowest BCUT2D eigenvalue weighted by Gasteiger charge is -2.36. The minimum atomic E-state index is -0.560. The maximum atomic E-state index is 12.0. The molecule has 0 aromatic carbocycles. The van der Waals surface area contributed by atoms with Gasteiger partial charge >= 0.3 is 6.09 Å². The number of hydrogen-bond donors (Lipinski definition) is 1. The molecule has 0 saturated carbocycles. The molecule has 0 radical (unpaired) electrons. The first kappa shape index (κ1) is 15.3. The van der Waals surface area contributed by atoms with Gasteiger partial charge in [0.05, 0.1) is 23.9 Å². The van der Waals surface area contributed by atoms with Crippen molar-refractivity contribution < 1.29 is 14.6 Å². The lowest BCUT2D eigenvalue weighted by molar-refractivity contribution is -0.00125. The summed E-state index contributed by atoms with van der Waals surface area (Å²) in [4.78, 5) is 18.9. The van der Waals surface area contributed by atoms with Gasteiger partial charge in [0.2, 0.25) is 0 Å². The number of aromatic nitrogens is 1. The van der Waals surface area contributed by atoms with Crippen molar-refractivity contribution in [2.45, 2.75) is 51.7 Å². The van der Waals surface area contributed by atoms with Gasteiger partial charge in [-0.2, -0.15) is 0 Å².